The number of hydrogen-bond acceptors (Lipinski definition) is 5. The minimum Gasteiger partial charge on any atom is -0.481 e. The summed E-state index contributed by atoms with van der Waals surface area (Å²) in [6.07, 6.45) is 3.89. The van der Waals surface area contributed by atoms with Crippen LogP contribution in [0.3, 0.4) is 0 Å². The van der Waals surface area contributed by atoms with Gasteiger partial charge in [0.2, 0.25) is 5.90 Å². The maximum absolute atomic E-state index is 14.9. The molecule has 0 aliphatic carbocycles. The summed E-state index contributed by atoms with van der Waals surface area (Å²) in [5, 5.41) is 8.91. The van der Waals surface area contributed by atoms with Gasteiger partial charge in [0.05, 0.1) is 18.8 Å². The quantitative estimate of drug-likeness (QED) is 0.779. The molecule has 0 amide bonds. The van der Waals surface area contributed by atoms with Crippen molar-refractivity contribution in [2.45, 2.75) is 32.6 Å². The monoisotopic (exact) mass is 407 g/mol. The van der Waals surface area contributed by atoms with E-state index >= 15 is 0 Å². The van der Waals surface area contributed by atoms with Gasteiger partial charge in [0.15, 0.2) is 0 Å². The van der Waals surface area contributed by atoms with E-state index in [2.05, 4.69) is 4.99 Å². The van der Waals surface area contributed by atoms with E-state index in [1.54, 1.807) is 11.1 Å². The lowest BCUT2D eigenvalue weighted by molar-refractivity contribution is -0.138. The van der Waals surface area contributed by atoms with Crippen molar-refractivity contribution in [2.75, 3.05) is 38.2 Å². The first kappa shape index (κ1) is 21.1. The first-order chi connectivity index (χ1) is 13.9. The first-order valence-corrected chi connectivity index (χ1v) is 9.96. The maximum Gasteiger partial charge on any atom is 0.303 e. The van der Waals surface area contributed by atoms with E-state index in [0.29, 0.717) is 56.2 Å². The zero-order valence-corrected chi connectivity index (χ0v) is 16.8. The highest BCUT2D eigenvalue weighted by molar-refractivity contribution is 5.87. The van der Waals surface area contributed by atoms with E-state index < -0.39 is 17.6 Å². The van der Waals surface area contributed by atoms with Crippen molar-refractivity contribution in [1.29, 1.82) is 0 Å². The molecule has 0 unspecified atom stereocenters. The number of nitrogens with zero attached hydrogens (tertiary/aromatic N) is 3. The number of carboxylic acids is 1. The molecule has 0 saturated carbocycles. The fourth-order valence-electron chi connectivity index (χ4n) is 3.73. The summed E-state index contributed by atoms with van der Waals surface area (Å²) < 4.78 is 35.3. The molecule has 0 atom stereocenters. The number of likely N-dealkylation sites (N-methyl/N-ethyl adjacent to an activating group) is 1. The predicted octanol–water partition coefficient (Wildman–Crippen LogP) is 3.72. The molecule has 1 aromatic rings. The van der Waals surface area contributed by atoms with Crippen LogP contribution in [0.1, 0.15) is 38.2 Å². The smallest absolute Gasteiger partial charge is 0.303 e. The van der Waals surface area contributed by atoms with Gasteiger partial charge in [-0.15, -0.1) is 0 Å². The van der Waals surface area contributed by atoms with E-state index in [1.807, 2.05) is 18.9 Å². The van der Waals surface area contributed by atoms with Gasteiger partial charge in [0.25, 0.3) is 0 Å². The number of halogens is 2. The highest BCUT2D eigenvalue weighted by Gasteiger charge is 2.26. The van der Waals surface area contributed by atoms with Crippen LogP contribution in [-0.2, 0) is 9.53 Å². The Labute approximate surface area is 169 Å². The number of rotatable bonds is 6. The zero-order chi connectivity index (χ0) is 21.0. The molecule has 3 rings (SSSR count). The van der Waals surface area contributed by atoms with Gasteiger partial charge in [-0.1, -0.05) is 6.92 Å². The number of aliphatic carboxylic acids is 1. The minimum absolute atomic E-state index is 0.0490. The number of benzene rings is 1. The Morgan fingerprint density at radius 3 is 2.52 bits per heavy atom. The van der Waals surface area contributed by atoms with Crippen molar-refractivity contribution < 1.29 is 23.4 Å². The number of piperidine rings is 1. The van der Waals surface area contributed by atoms with E-state index in [4.69, 9.17) is 9.84 Å². The number of aliphatic imine (C=N–C) groups is 1. The Hall–Kier alpha value is -2.64. The second-order valence-corrected chi connectivity index (χ2v) is 7.60. The molecule has 2 aliphatic heterocycles. The third-order valence-electron chi connectivity index (χ3n) is 5.15. The lowest BCUT2D eigenvalue weighted by atomic mass is 9.93. The highest BCUT2D eigenvalue weighted by Crippen LogP contribution is 2.32. The van der Waals surface area contributed by atoms with Crippen LogP contribution in [0.15, 0.2) is 23.3 Å². The summed E-state index contributed by atoms with van der Waals surface area (Å²) >= 11 is 0. The van der Waals surface area contributed by atoms with Crippen LogP contribution in [-0.4, -0.2) is 55.2 Å². The number of carbonyl (C=O) groups is 1. The SMILES string of the molecule is CCCOC1=NC(c2cc(F)c(N3CCC(CC(=O)O)CC3)c(F)c2)=CN(C)C1. The van der Waals surface area contributed by atoms with Gasteiger partial charge in [-0.05, 0) is 37.3 Å². The molecular formula is C21H27F2N3O3. The standard InChI is InChI=1S/C21H27F2N3O3/c1-3-8-29-19-13-25(2)12-18(24-19)15-10-16(22)21(17(23)11-15)26-6-4-14(5-7-26)9-20(27)28/h10-12,14H,3-9,13H2,1-2H3,(H,27,28). The molecule has 1 N–H and O–H groups in total. The Morgan fingerprint density at radius 2 is 1.93 bits per heavy atom. The summed E-state index contributed by atoms with van der Waals surface area (Å²) in [6, 6.07) is 2.60. The van der Waals surface area contributed by atoms with Crippen LogP contribution in [0.25, 0.3) is 5.70 Å². The molecule has 2 heterocycles. The Bertz CT molecular complexity index is 794. The van der Waals surface area contributed by atoms with Gasteiger partial charge in [-0.2, -0.15) is 0 Å². The van der Waals surface area contributed by atoms with E-state index in [-0.39, 0.29) is 18.0 Å². The second kappa shape index (κ2) is 9.24. The molecule has 158 valence electrons. The number of hydrogen-bond donors (Lipinski definition) is 1. The molecule has 0 bridgehead atoms. The van der Waals surface area contributed by atoms with E-state index in [1.165, 1.54) is 12.1 Å². The summed E-state index contributed by atoms with van der Waals surface area (Å²) in [6.45, 7) is 3.92. The van der Waals surface area contributed by atoms with E-state index in [0.717, 1.165) is 6.42 Å². The first-order valence-electron chi connectivity index (χ1n) is 9.96. The summed E-state index contributed by atoms with van der Waals surface area (Å²) in [7, 11) is 1.85. The molecule has 2 aliphatic rings. The second-order valence-electron chi connectivity index (χ2n) is 7.60. The number of ether oxygens (including phenoxy) is 1. The van der Waals surface area contributed by atoms with Gasteiger partial charge in [0.1, 0.15) is 17.3 Å². The van der Waals surface area contributed by atoms with Gasteiger partial charge >= 0.3 is 5.97 Å². The number of carboxylic acid groups (broad SMARTS) is 1. The third kappa shape index (κ3) is 5.25. The van der Waals surface area contributed by atoms with Gasteiger partial charge < -0.3 is 19.6 Å². The Balaban J connectivity index is 1.78. The lowest BCUT2D eigenvalue weighted by Gasteiger charge is -2.33. The van der Waals surface area contributed by atoms with Gasteiger partial charge in [-0.3, -0.25) is 4.79 Å². The predicted molar refractivity (Wildman–Crippen MR) is 108 cm³/mol. The molecule has 0 radical (unpaired) electrons. The third-order valence-corrected chi connectivity index (χ3v) is 5.15. The molecular weight excluding hydrogens is 380 g/mol. The summed E-state index contributed by atoms with van der Waals surface area (Å²) in [5.74, 6) is -1.54. The van der Waals surface area contributed by atoms with Crippen molar-refractivity contribution in [1.82, 2.24) is 4.90 Å². The molecule has 0 aromatic heterocycles. The molecule has 6 nitrogen and oxygen atoms in total. The zero-order valence-electron chi connectivity index (χ0n) is 16.8. The van der Waals surface area contributed by atoms with Crippen molar-refractivity contribution in [2.24, 2.45) is 10.9 Å². The normalized spacial score (nSPS) is 17.8. The summed E-state index contributed by atoms with van der Waals surface area (Å²) in [5.41, 5.74) is 0.752. The van der Waals surface area contributed by atoms with Crippen LogP contribution in [0.2, 0.25) is 0 Å². The fraction of sp³-hybridized carbons (Fsp3) is 0.524. The summed E-state index contributed by atoms with van der Waals surface area (Å²) in [4.78, 5) is 18.8. The topological polar surface area (TPSA) is 65.4 Å². The average Bonchev–Trinajstić information content (AvgIpc) is 2.66. The Morgan fingerprint density at radius 1 is 1.28 bits per heavy atom. The fourth-order valence-corrected chi connectivity index (χ4v) is 3.73. The largest absolute Gasteiger partial charge is 0.481 e. The van der Waals surface area contributed by atoms with Crippen LogP contribution in [0.4, 0.5) is 14.5 Å². The molecule has 1 fully saturated rings. The number of anilines is 1. The Kier molecular flexibility index (Phi) is 6.71. The molecule has 8 heteroatoms. The van der Waals surface area contributed by atoms with Crippen LogP contribution < -0.4 is 4.90 Å². The minimum atomic E-state index is -0.835. The highest BCUT2D eigenvalue weighted by atomic mass is 19.1. The maximum atomic E-state index is 14.9. The molecule has 1 saturated heterocycles. The van der Waals surface area contributed by atoms with Crippen LogP contribution in [0, 0.1) is 17.6 Å². The van der Waals surface area contributed by atoms with Crippen LogP contribution in [0.5, 0.6) is 0 Å². The van der Waals surface area contributed by atoms with E-state index in [9.17, 15) is 13.6 Å². The molecule has 1 aromatic carbocycles. The molecule has 29 heavy (non-hydrogen) atoms. The molecule has 0 spiro atoms. The van der Waals surface area contributed by atoms with Crippen molar-refractivity contribution in [3.05, 3.63) is 35.5 Å². The average molecular weight is 407 g/mol. The van der Waals surface area contributed by atoms with Crippen molar-refractivity contribution in [3.8, 4) is 0 Å². The van der Waals surface area contributed by atoms with Crippen LogP contribution >= 0.6 is 0 Å². The lowest BCUT2D eigenvalue weighted by Crippen LogP contribution is -2.35. The van der Waals surface area contributed by atoms with Crippen molar-refractivity contribution in [3.63, 3.8) is 0 Å². The van der Waals surface area contributed by atoms with Gasteiger partial charge in [-0.25, -0.2) is 13.8 Å². The van der Waals surface area contributed by atoms with Crippen molar-refractivity contribution >= 4 is 23.3 Å². The van der Waals surface area contributed by atoms with Gasteiger partial charge in [0, 0.05) is 38.3 Å².